The molecule has 2 aromatic rings. The molecule has 120 valence electrons. The van der Waals surface area contributed by atoms with Crippen molar-refractivity contribution >= 4 is 29.3 Å². The summed E-state index contributed by atoms with van der Waals surface area (Å²) in [4.78, 5) is 13.2. The highest BCUT2D eigenvalue weighted by atomic mass is 35.5. The summed E-state index contributed by atoms with van der Waals surface area (Å²) >= 11 is 7.71. The van der Waals surface area contributed by atoms with Crippen LogP contribution in [0.3, 0.4) is 0 Å². The standard InChI is InChI=1S/C17H15ClO4S/c1-23-15-4-2-11(3-5-15)17(19)21-9-13-7-14(18)6-12-8-20-10-22-16(12)13/h2-7H,8-10H2,1H3. The lowest BCUT2D eigenvalue weighted by Gasteiger charge is -2.21. The Balaban J connectivity index is 1.72. The largest absolute Gasteiger partial charge is 0.467 e. The van der Waals surface area contributed by atoms with Gasteiger partial charge >= 0.3 is 5.97 Å². The van der Waals surface area contributed by atoms with Crippen LogP contribution < -0.4 is 4.74 Å². The van der Waals surface area contributed by atoms with Gasteiger partial charge < -0.3 is 14.2 Å². The van der Waals surface area contributed by atoms with Gasteiger partial charge in [-0.25, -0.2) is 4.79 Å². The molecule has 0 aromatic heterocycles. The van der Waals surface area contributed by atoms with E-state index in [0.717, 1.165) is 16.0 Å². The van der Waals surface area contributed by atoms with Gasteiger partial charge in [0.2, 0.25) is 0 Å². The maximum atomic E-state index is 12.1. The minimum Gasteiger partial charge on any atom is -0.467 e. The van der Waals surface area contributed by atoms with E-state index in [1.54, 1.807) is 36.0 Å². The van der Waals surface area contributed by atoms with Crippen LogP contribution in [0.25, 0.3) is 0 Å². The van der Waals surface area contributed by atoms with Crippen LogP contribution >= 0.6 is 23.4 Å². The van der Waals surface area contributed by atoms with E-state index in [0.29, 0.717) is 22.9 Å². The Hall–Kier alpha value is -1.69. The second kappa shape index (κ2) is 7.25. The predicted molar refractivity (Wildman–Crippen MR) is 89.1 cm³/mol. The Morgan fingerprint density at radius 1 is 1.30 bits per heavy atom. The Kier molecular flexibility index (Phi) is 5.10. The zero-order valence-electron chi connectivity index (χ0n) is 12.5. The highest BCUT2D eigenvalue weighted by molar-refractivity contribution is 7.98. The molecule has 0 radical (unpaired) electrons. The quantitative estimate of drug-likeness (QED) is 0.608. The van der Waals surface area contributed by atoms with Crippen LogP contribution in [0.2, 0.25) is 5.02 Å². The van der Waals surface area contributed by atoms with Gasteiger partial charge in [-0.2, -0.15) is 0 Å². The van der Waals surface area contributed by atoms with Gasteiger partial charge in [-0.3, -0.25) is 0 Å². The van der Waals surface area contributed by atoms with Gasteiger partial charge in [-0.15, -0.1) is 11.8 Å². The van der Waals surface area contributed by atoms with Gasteiger partial charge in [0.25, 0.3) is 0 Å². The lowest BCUT2D eigenvalue weighted by molar-refractivity contribution is -0.0180. The molecule has 0 fully saturated rings. The number of ether oxygens (including phenoxy) is 3. The molecule has 0 bridgehead atoms. The molecule has 0 saturated heterocycles. The minimum absolute atomic E-state index is 0.103. The third-order valence-corrected chi connectivity index (χ3v) is 4.40. The van der Waals surface area contributed by atoms with Crippen LogP contribution in [0.5, 0.6) is 5.75 Å². The summed E-state index contributed by atoms with van der Waals surface area (Å²) in [7, 11) is 0. The summed E-state index contributed by atoms with van der Waals surface area (Å²) < 4.78 is 16.1. The summed E-state index contributed by atoms with van der Waals surface area (Å²) in [5.41, 5.74) is 2.12. The first-order valence-corrected chi connectivity index (χ1v) is 8.60. The van der Waals surface area contributed by atoms with Crippen molar-refractivity contribution in [1.29, 1.82) is 0 Å². The van der Waals surface area contributed by atoms with Crippen molar-refractivity contribution in [2.24, 2.45) is 0 Å². The first-order chi connectivity index (χ1) is 11.2. The third kappa shape index (κ3) is 3.80. The molecule has 4 nitrogen and oxygen atoms in total. The number of fused-ring (bicyclic) bond motifs is 1. The number of halogens is 1. The Morgan fingerprint density at radius 3 is 2.83 bits per heavy atom. The van der Waals surface area contributed by atoms with E-state index in [9.17, 15) is 4.79 Å². The van der Waals surface area contributed by atoms with Gasteiger partial charge in [-0.1, -0.05) is 11.6 Å². The monoisotopic (exact) mass is 350 g/mol. The highest BCUT2D eigenvalue weighted by Crippen LogP contribution is 2.32. The number of carbonyl (C=O) groups excluding carboxylic acids is 1. The molecular weight excluding hydrogens is 336 g/mol. The van der Waals surface area contributed by atoms with Gasteiger partial charge in [-0.05, 0) is 42.7 Å². The zero-order chi connectivity index (χ0) is 16.2. The van der Waals surface area contributed by atoms with Crippen LogP contribution in [0.15, 0.2) is 41.3 Å². The molecule has 1 heterocycles. The average molecular weight is 351 g/mol. The number of hydrogen-bond acceptors (Lipinski definition) is 5. The van der Waals surface area contributed by atoms with Crippen molar-refractivity contribution in [3.63, 3.8) is 0 Å². The van der Waals surface area contributed by atoms with Crippen molar-refractivity contribution in [1.82, 2.24) is 0 Å². The highest BCUT2D eigenvalue weighted by Gasteiger charge is 2.18. The van der Waals surface area contributed by atoms with E-state index in [2.05, 4.69) is 0 Å². The summed E-state index contributed by atoms with van der Waals surface area (Å²) in [5.74, 6) is 0.310. The first kappa shape index (κ1) is 16.2. The second-order valence-electron chi connectivity index (χ2n) is 4.97. The van der Waals surface area contributed by atoms with E-state index < -0.39 is 0 Å². The molecule has 0 amide bonds. The predicted octanol–water partition coefficient (Wildman–Crippen LogP) is 4.29. The van der Waals surface area contributed by atoms with Crippen molar-refractivity contribution in [3.05, 3.63) is 58.1 Å². The Morgan fingerprint density at radius 2 is 2.09 bits per heavy atom. The summed E-state index contributed by atoms with van der Waals surface area (Å²) in [5, 5.41) is 0.563. The van der Waals surface area contributed by atoms with E-state index in [4.69, 9.17) is 25.8 Å². The molecule has 0 saturated carbocycles. The van der Waals surface area contributed by atoms with Crippen molar-refractivity contribution in [3.8, 4) is 5.75 Å². The van der Waals surface area contributed by atoms with E-state index in [-0.39, 0.29) is 19.4 Å². The maximum absolute atomic E-state index is 12.1. The molecule has 1 aliphatic heterocycles. The molecule has 23 heavy (non-hydrogen) atoms. The molecule has 0 aliphatic carbocycles. The van der Waals surface area contributed by atoms with Crippen LogP contribution in [-0.2, 0) is 22.7 Å². The molecule has 2 aromatic carbocycles. The molecular formula is C17H15ClO4S. The van der Waals surface area contributed by atoms with Crippen molar-refractivity contribution in [2.75, 3.05) is 13.0 Å². The molecule has 1 aliphatic rings. The summed E-state index contributed by atoms with van der Waals surface area (Å²) in [6, 6.07) is 10.8. The van der Waals surface area contributed by atoms with Crippen LogP contribution in [0, 0.1) is 0 Å². The average Bonchev–Trinajstić information content (AvgIpc) is 2.59. The van der Waals surface area contributed by atoms with E-state index in [1.165, 1.54) is 0 Å². The minimum atomic E-state index is -0.376. The molecule has 0 unspecified atom stereocenters. The smallest absolute Gasteiger partial charge is 0.338 e. The normalized spacial score (nSPS) is 13.1. The van der Waals surface area contributed by atoms with Gasteiger partial charge in [0.05, 0.1) is 12.2 Å². The van der Waals surface area contributed by atoms with Gasteiger partial charge in [0.1, 0.15) is 12.4 Å². The molecule has 3 rings (SSSR count). The number of hydrogen-bond donors (Lipinski definition) is 0. The fraction of sp³-hybridized carbons (Fsp3) is 0.235. The second-order valence-corrected chi connectivity index (χ2v) is 6.28. The van der Waals surface area contributed by atoms with E-state index >= 15 is 0 Å². The Labute approximate surface area is 143 Å². The molecule has 0 N–H and O–H groups in total. The van der Waals surface area contributed by atoms with Gasteiger partial charge in [0, 0.05) is 21.0 Å². The fourth-order valence-corrected chi connectivity index (χ4v) is 2.99. The summed E-state index contributed by atoms with van der Waals surface area (Å²) in [6.07, 6.45) is 1.99. The number of esters is 1. The number of rotatable bonds is 4. The van der Waals surface area contributed by atoms with Crippen LogP contribution in [0.1, 0.15) is 21.5 Å². The van der Waals surface area contributed by atoms with E-state index in [1.807, 2.05) is 18.4 Å². The lowest BCUT2D eigenvalue weighted by atomic mass is 10.1. The maximum Gasteiger partial charge on any atom is 0.338 e. The van der Waals surface area contributed by atoms with Crippen LogP contribution in [0.4, 0.5) is 0 Å². The fourth-order valence-electron chi connectivity index (χ4n) is 2.32. The first-order valence-electron chi connectivity index (χ1n) is 7.00. The molecule has 0 atom stereocenters. The van der Waals surface area contributed by atoms with Crippen molar-refractivity contribution in [2.45, 2.75) is 18.1 Å². The number of thioether (sulfide) groups is 1. The number of benzene rings is 2. The lowest BCUT2D eigenvalue weighted by Crippen LogP contribution is -2.14. The van der Waals surface area contributed by atoms with Gasteiger partial charge in [0.15, 0.2) is 6.79 Å². The molecule has 0 spiro atoms. The summed E-state index contributed by atoms with van der Waals surface area (Å²) in [6.45, 7) is 0.727. The topological polar surface area (TPSA) is 44.8 Å². The van der Waals surface area contributed by atoms with Crippen molar-refractivity contribution < 1.29 is 19.0 Å². The number of carbonyl (C=O) groups is 1. The SMILES string of the molecule is CSc1ccc(C(=O)OCc2cc(Cl)cc3c2OCOC3)cc1. The third-order valence-electron chi connectivity index (χ3n) is 3.44. The molecule has 6 heteroatoms. The zero-order valence-corrected chi connectivity index (χ0v) is 14.1. The Bertz CT molecular complexity index is 715. The van der Waals surface area contributed by atoms with Crippen LogP contribution in [-0.4, -0.2) is 19.0 Å².